The molecule has 1 heterocycles. The Labute approximate surface area is 200 Å². The molecule has 0 saturated heterocycles. The van der Waals surface area contributed by atoms with E-state index in [-0.39, 0.29) is 41.3 Å². The average molecular weight is 488 g/mol. The molecule has 186 valence electrons. The van der Waals surface area contributed by atoms with E-state index in [2.05, 4.69) is 15.5 Å². The van der Waals surface area contributed by atoms with Crippen LogP contribution in [0.3, 0.4) is 0 Å². The molecule has 4 rings (SSSR count). The summed E-state index contributed by atoms with van der Waals surface area (Å²) in [5.74, 6) is -1.06. The van der Waals surface area contributed by atoms with Crippen LogP contribution in [0.1, 0.15) is 60.8 Å². The number of hydrogen-bond donors (Lipinski definition) is 3. The fraction of sp³-hybridized carbons (Fsp3) is 0.423. The molecule has 9 heteroatoms. The average Bonchev–Trinajstić information content (AvgIpc) is 3.22. The van der Waals surface area contributed by atoms with E-state index in [9.17, 15) is 27.9 Å². The van der Waals surface area contributed by atoms with Crippen molar-refractivity contribution in [2.45, 2.75) is 52.3 Å². The fourth-order valence-corrected chi connectivity index (χ4v) is 5.39. The van der Waals surface area contributed by atoms with Crippen molar-refractivity contribution in [1.29, 1.82) is 0 Å². The predicted octanol–water partition coefficient (Wildman–Crippen LogP) is 5.43. The van der Waals surface area contributed by atoms with E-state index in [0.29, 0.717) is 29.3 Å². The maximum Gasteiger partial charge on any atom is 0.416 e. The third-order valence-electron chi connectivity index (χ3n) is 7.62. The summed E-state index contributed by atoms with van der Waals surface area (Å²) in [4.78, 5) is 24.6. The molecule has 1 aliphatic rings. The molecule has 1 saturated carbocycles. The van der Waals surface area contributed by atoms with Crippen LogP contribution in [0.2, 0.25) is 0 Å². The van der Waals surface area contributed by atoms with Gasteiger partial charge in [0.25, 0.3) is 5.91 Å². The minimum absolute atomic E-state index is 0.0145. The van der Waals surface area contributed by atoms with Crippen LogP contribution in [0.4, 0.5) is 13.2 Å². The van der Waals surface area contributed by atoms with E-state index in [0.717, 1.165) is 17.7 Å². The number of aromatic nitrogens is 2. The number of amides is 1. The van der Waals surface area contributed by atoms with Crippen LogP contribution < -0.4 is 5.32 Å². The number of H-pyrrole nitrogens is 1. The van der Waals surface area contributed by atoms with Crippen molar-refractivity contribution < 1.29 is 27.9 Å². The number of nitrogens with one attached hydrogen (secondary N) is 2. The Hall–Kier alpha value is -3.36. The van der Waals surface area contributed by atoms with Crippen molar-refractivity contribution in [3.63, 3.8) is 0 Å². The van der Waals surface area contributed by atoms with Gasteiger partial charge in [0.1, 0.15) is 0 Å². The molecular weight excluding hydrogens is 459 g/mol. The second kappa shape index (κ2) is 9.02. The third kappa shape index (κ3) is 4.63. The number of carboxylic acids is 1. The maximum atomic E-state index is 13.2. The van der Waals surface area contributed by atoms with Crippen molar-refractivity contribution in [3.05, 3.63) is 64.8 Å². The lowest BCUT2D eigenvalue weighted by Crippen LogP contribution is -2.60. The number of aliphatic carboxylic acids is 1. The van der Waals surface area contributed by atoms with Crippen LogP contribution in [0.15, 0.2) is 42.5 Å². The number of aromatic amines is 1. The van der Waals surface area contributed by atoms with E-state index >= 15 is 0 Å². The van der Waals surface area contributed by atoms with Crippen LogP contribution in [-0.2, 0) is 17.4 Å². The van der Waals surface area contributed by atoms with Gasteiger partial charge < -0.3 is 10.4 Å². The number of fused-ring (bicyclic) bond motifs is 1. The highest BCUT2D eigenvalue weighted by molar-refractivity contribution is 6.06. The number of halogens is 3. The summed E-state index contributed by atoms with van der Waals surface area (Å²) >= 11 is 0. The molecule has 0 aliphatic heterocycles. The van der Waals surface area contributed by atoms with Gasteiger partial charge in [-0.15, -0.1) is 0 Å². The van der Waals surface area contributed by atoms with E-state index in [1.54, 1.807) is 12.1 Å². The van der Waals surface area contributed by atoms with Crippen LogP contribution in [-0.4, -0.2) is 33.2 Å². The highest BCUT2D eigenvalue weighted by Gasteiger charge is 2.54. The molecule has 1 aliphatic carbocycles. The van der Waals surface area contributed by atoms with Crippen LogP contribution in [0, 0.1) is 17.3 Å². The maximum absolute atomic E-state index is 13.2. The van der Waals surface area contributed by atoms with Crippen molar-refractivity contribution in [2.24, 2.45) is 17.3 Å². The van der Waals surface area contributed by atoms with Crippen molar-refractivity contribution >= 4 is 22.8 Å². The molecule has 0 radical (unpaired) electrons. The zero-order valence-corrected chi connectivity index (χ0v) is 19.7. The molecule has 1 fully saturated rings. The Kier molecular flexibility index (Phi) is 6.38. The largest absolute Gasteiger partial charge is 0.481 e. The molecule has 0 bridgehead atoms. The molecule has 1 amide bonds. The molecule has 3 N–H and O–H groups in total. The summed E-state index contributed by atoms with van der Waals surface area (Å²) in [7, 11) is 0. The van der Waals surface area contributed by atoms with Gasteiger partial charge in [0.2, 0.25) is 0 Å². The Morgan fingerprint density at radius 3 is 2.46 bits per heavy atom. The Bertz CT molecular complexity index is 1250. The second-order valence-electron chi connectivity index (χ2n) is 9.81. The smallest absolute Gasteiger partial charge is 0.416 e. The number of nitrogens with zero attached hydrogens (tertiary/aromatic N) is 1. The normalized spacial score (nSPS) is 22.3. The van der Waals surface area contributed by atoms with Gasteiger partial charge in [-0.2, -0.15) is 18.3 Å². The van der Waals surface area contributed by atoms with E-state index in [4.69, 9.17) is 0 Å². The second-order valence-corrected chi connectivity index (χ2v) is 9.81. The quantitative estimate of drug-likeness (QED) is 0.414. The zero-order chi connectivity index (χ0) is 25.5. The van der Waals surface area contributed by atoms with E-state index < -0.39 is 17.7 Å². The van der Waals surface area contributed by atoms with E-state index in [1.807, 2.05) is 26.8 Å². The number of carbonyl (C=O) groups is 2. The van der Waals surface area contributed by atoms with Crippen molar-refractivity contribution in [1.82, 2.24) is 15.5 Å². The van der Waals surface area contributed by atoms with Gasteiger partial charge in [-0.1, -0.05) is 45.0 Å². The highest BCUT2D eigenvalue weighted by atomic mass is 19.4. The number of hydrogen-bond acceptors (Lipinski definition) is 3. The molecule has 2 aromatic carbocycles. The SMILES string of the molecule is CC(C)C1(CC(=O)O)CC(NC(=O)c2n[nH]c3cccc(Cc4ccc(C(F)(F)F)cc4)c23)C1C. The topological polar surface area (TPSA) is 95.1 Å². The Morgan fingerprint density at radius 1 is 1.20 bits per heavy atom. The molecule has 3 atom stereocenters. The van der Waals surface area contributed by atoms with Crippen molar-refractivity contribution in [3.8, 4) is 0 Å². The van der Waals surface area contributed by atoms with Gasteiger partial charge in [-0.05, 0) is 59.4 Å². The van der Waals surface area contributed by atoms with Crippen LogP contribution in [0.25, 0.3) is 10.9 Å². The summed E-state index contributed by atoms with van der Waals surface area (Å²) in [6, 6.07) is 10.2. The van der Waals surface area contributed by atoms with E-state index in [1.165, 1.54) is 12.1 Å². The summed E-state index contributed by atoms with van der Waals surface area (Å²) in [6.07, 6.45) is -3.43. The lowest BCUT2D eigenvalue weighted by molar-refractivity contribution is -0.147. The minimum atomic E-state index is -4.40. The number of carbonyl (C=O) groups excluding carboxylic acids is 1. The van der Waals surface area contributed by atoms with Gasteiger partial charge in [-0.25, -0.2) is 0 Å². The van der Waals surface area contributed by atoms with Gasteiger partial charge >= 0.3 is 12.1 Å². The minimum Gasteiger partial charge on any atom is -0.481 e. The zero-order valence-electron chi connectivity index (χ0n) is 19.7. The standard InChI is InChI=1S/C26H28F3N3O3/c1-14(2)25(13-21(33)34)12-20(15(25)3)30-24(35)23-22-17(5-4-6-19(22)31-32-23)11-16-7-9-18(10-8-16)26(27,28)29/h4-10,14-15,20H,11-13H2,1-3H3,(H,30,35)(H,31,32)(H,33,34). The first kappa shape index (κ1) is 24.8. The fourth-order valence-electron chi connectivity index (χ4n) is 5.39. The summed E-state index contributed by atoms with van der Waals surface area (Å²) in [5.41, 5.74) is 1.24. The summed E-state index contributed by atoms with van der Waals surface area (Å²) < 4.78 is 38.7. The summed E-state index contributed by atoms with van der Waals surface area (Å²) in [6.45, 7) is 5.98. The molecule has 0 spiro atoms. The first-order chi connectivity index (χ1) is 16.4. The molecule has 6 nitrogen and oxygen atoms in total. The lowest BCUT2D eigenvalue weighted by atomic mass is 9.51. The van der Waals surface area contributed by atoms with Gasteiger partial charge in [0.05, 0.1) is 17.5 Å². The molecular formula is C26H28F3N3O3. The van der Waals surface area contributed by atoms with Crippen molar-refractivity contribution in [2.75, 3.05) is 0 Å². The molecule has 35 heavy (non-hydrogen) atoms. The predicted molar refractivity (Wildman–Crippen MR) is 125 cm³/mol. The number of alkyl halides is 3. The number of rotatable bonds is 7. The molecule has 3 unspecified atom stereocenters. The van der Waals surface area contributed by atoms with Crippen LogP contribution in [0.5, 0.6) is 0 Å². The first-order valence-corrected chi connectivity index (χ1v) is 11.6. The van der Waals surface area contributed by atoms with Gasteiger partial charge in [-0.3, -0.25) is 14.7 Å². The third-order valence-corrected chi connectivity index (χ3v) is 7.62. The highest BCUT2D eigenvalue weighted by Crippen LogP contribution is 2.54. The Balaban J connectivity index is 1.55. The number of carboxylic acid groups (broad SMARTS) is 1. The number of benzene rings is 2. The van der Waals surface area contributed by atoms with Gasteiger partial charge in [0.15, 0.2) is 5.69 Å². The Morgan fingerprint density at radius 2 is 1.89 bits per heavy atom. The summed E-state index contributed by atoms with van der Waals surface area (Å²) in [5, 5.41) is 20.1. The van der Waals surface area contributed by atoms with Gasteiger partial charge in [0, 0.05) is 11.4 Å². The molecule has 3 aromatic rings. The lowest BCUT2D eigenvalue weighted by Gasteiger charge is -2.56. The molecule has 1 aromatic heterocycles. The van der Waals surface area contributed by atoms with Crippen LogP contribution >= 0.6 is 0 Å². The monoisotopic (exact) mass is 487 g/mol. The first-order valence-electron chi connectivity index (χ1n) is 11.6.